The zero-order valence-electron chi connectivity index (χ0n) is 8.96. The second kappa shape index (κ2) is 5.59. The SMILES string of the molecule is O=C(NCCOc1ccccc1)c1nn[nH]n1. The monoisotopic (exact) mass is 233 g/mol. The van der Waals surface area contributed by atoms with Crippen molar-refractivity contribution in [3.63, 3.8) is 0 Å². The van der Waals surface area contributed by atoms with Crippen molar-refractivity contribution in [3.05, 3.63) is 36.2 Å². The first-order valence-corrected chi connectivity index (χ1v) is 5.06. The van der Waals surface area contributed by atoms with Crippen LogP contribution < -0.4 is 10.1 Å². The molecule has 0 saturated heterocycles. The zero-order chi connectivity index (χ0) is 11.9. The van der Waals surface area contributed by atoms with E-state index in [0.717, 1.165) is 5.75 Å². The van der Waals surface area contributed by atoms with Gasteiger partial charge in [-0.15, -0.1) is 10.2 Å². The number of aromatic nitrogens is 4. The molecule has 0 aliphatic rings. The summed E-state index contributed by atoms with van der Waals surface area (Å²) in [4.78, 5) is 11.4. The summed E-state index contributed by atoms with van der Waals surface area (Å²) in [6, 6.07) is 9.37. The summed E-state index contributed by atoms with van der Waals surface area (Å²) in [6.07, 6.45) is 0. The number of hydrogen-bond donors (Lipinski definition) is 2. The van der Waals surface area contributed by atoms with Gasteiger partial charge < -0.3 is 10.1 Å². The first kappa shape index (κ1) is 11.1. The number of H-pyrrole nitrogens is 1. The molecule has 2 aromatic rings. The highest BCUT2D eigenvalue weighted by Gasteiger charge is 2.08. The van der Waals surface area contributed by atoms with Gasteiger partial charge in [-0.2, -0.15) is 5.21 Å². The van der Waals surface area contributed by atoms with Gasteiger partial charge in [0, 0.05) is 0 Å². The quantitative estimate of drug-likeness (QED) is 0.709. The lowest BCUT2D eigenvalue weighted by atomic mass is 10.3. The summed E-state index contributed by atoms with van der Waals surface area (Å²) in [6.45, 7) is 0.760. The van der Waals surface area contributed by atoms with Crippen molar-refractivity contribution in [1.29, 1.82) is 0 Å². The smallest absolute Gasteiger partial charge is 0.293 e. The number of benzene rings is 1. The predicted molar refractivity (Wildman–Crippen MR) is 58.4 cm³/mol. The molecular formula is C10H11N5O2. The topological polar surface area (TPSA) is 92.8 Å². The molecule has 0 radical (unpaired) electrons. The Hall–Kier alpha value is -2.44. The van der Waals surface area contributed by atoms with Gasteiger partial charge in [-0.3, -0.25) is 4.79 Å². The van der Waals surface area contributed by atoms with Gasteiger partial charge in [0.15, 0.2) is 0 Å². The molecule has 0 atom stereocenters. The van der Waals surface area contributed by atoms with Crippen LogP contribution in [0.1, 0.15) is 10.6 Å². The minimum absolute atomic E-state index is 0.0183. The first-order chi connectivity index (χ1) is 8.36. The van der Waals surface area contributed by atoms with Crippen molar-refractivity contribution in [3.8, 4) is 5.75 Å². The van der Waals surface area contributed by atoms with Gasteiger partial charge in [0.1, 0.15) is 12.4 Å². The molecule has 0 saturated carbocycles. The molecular weight excluding hydrogens is 222 g/mol. The second-order valence-corrected chi connectivity index (χ2v) is 3.15. The van der Waals surface area contributed by atoms with Crippen LogP contribution in [0, 0.1) is 0 Å². The van der Waals surface area contributed by atoms with E-state index in [1.54, 1.807) is 0 Å². The summed E-state index contributed by atoms with van der Waals surface area (Å²) in [5.41, 5.74) is 0. The van der Waals surface area contributed by atoms with Crippen LogP contribution in [0.15, 0.2) is 30.3 Å². The highest BCUT2D eigenvalue weighted by molar-refractivity contribution is 5.89. The number of carbonyl (C=O) groups excluding carboxylic acids is 1. The molecule has 0 fully saturated rings. The normalized spacial score (nSPS) is 9.88. The van der Waals surface area contributed by atoms with Crippen LogP contribution in [0.25, 0.3) is 0 Å². The van der Waals surface area contributed by atoms with E-state index in [2.05, 4.69) is 25.9 Å². The fraction of sp³-hybridized carbons (Fsp3) is 0.200. The van der Waals surface area contributed by atoms with E-state index in [4.69, 9.17) is 4.74 Å². The van der Waals surface area contributed by atoms with Gasteiger partial charge in [0.2, 0.25) is 0 Å². The van der Waals surface area contributed by atoms with Crippen molar-refractivity contribution in [2.45, 2.75) is 0 Å². The Labute approximate surface area is 97.2 Å². The van der Waals surface area contributed by atoms with E-state index in [1.807, 2.05) is 30.3 Å². The van der Waals surface area contributed by atoms with Gasteiger partial charge in [-0.05, 0) is 17.3 Å². The zero-order valence-corrected chi connectivity index (χ0v) is 8.96. The highest BCUT2D eigenvalue weighted by Crippen LogP contribution is 2.07. The third-order valence-corrected chi connectivity index (χ3v) is 1.95. The van der Waals surface area contributed by atoms with E-state index >= 15 is 0 Å². The molecule has 7 heteroatoms. The van der Waals surface area contributed by atoms with Gasteiger partial charge in [0.25, 0.3) is 11.7 Å². The Morgan fingerprint density at radius 1 is 1.35 bits per heavy atom. The lowest BCUT2D eigenvalue weighted by molar-refractivity contribution is 0.0936. The van der Waals surface area contributed by atoms with Gasteiger partial charge in [-0.1, -0.05) is 18.2 Å². The molecule has 2 rings (SSSR count). The maximum atomic E-state index is 11.4. The molecule has 1 aromatic heterocycles. The Kier molecular flexibility index (Phi) is 3.64. The minimum atomic E-state index is -0.379. The summed E-state index contributed by atoms with van der Waals surface area (Å²) in [5.74, 6) is 0.404. The average Bonchev–Trinajstić information content (AvgIpc) is 2.89. The van der Waals surface area contributed by atoms with E-state index in [1.165, 1.54) is 0 Å². The molecule has 1 heterocycles. The van der Waals surface area contributed by atoms with E-state index in [-0.39, 0.29) is 11.7 Å². The average molecular weight is 233 g/mol. The van der Waals surface area contributed by atoms with Crippen LogP contribution in [-0.2, 0) is 0 Å². The van der Waals surface area contributed by atoms with Crippen molar-refractivity contribution in [1.82, 2.24) is 25.9 Å². The summed E-state index contributed by atoms with van der Waals surface area (Å²) in [5, 5.41) is 15.2. The molecule has 0 bridgehead atoms. The van der Waals surface area contributed by atoms with Crippen LogP contribution in [0.5, 0.6) is 5.75 Å². The van der Waals surface area contributed by atoms with Crippen LogP contribution in [-0.4, -0.2) is 39.7 Å². The molecule has 2 N–H and O–H groups in total. The van der Waals surface area contributed by atoms with Crippen molar-refractivity contribution in [2.24, 2.45) is 0 Å². The molecule has 88 valence electrons. The number of nitrogens with one attached hydrogen (secondary N) is 2. The molecule has 1 amide bonds. The number of tetrazole rings is 1. The van der Waals surface area contributed by atoms with Gasteiger partial charge in [0.05, 0.1) is 6.54 Å². The lowest BCUT2D eigenvalue weighted by Gasteiger charge is -2.05. The second-order valence-electron chi connectivity index (χ2n) is 3.15. The maximum Gasteiger partial charge on any atom is 0.293 e. The van der Waals surface area contributed by atoms with Gasteiger partial charge >= 0.3 is 0 Å². The Morgan fingerprint density at radius 3 is 2.88 bits per heavy atom. The lowest BCUT2D eigenvalue weighted by Crippen LogP contribution is -2.29. The Bertz CT molecular complexity index is 457. The number of aromatic amines is 1. The van der Waals surface area contributed by atoms with Gasteiger partial charge in [-0.25, -0.2) is 0 Å². The first-order valence-electron chi connectivity index (χ1n) is 5.06. The number of rotatable bonds is 5. The molecule has 17 heavy (non-hydrogen) atoms. The Balaban J connectivity index is 1.69. The highest BCUT2D eigenvalue weighted by atomic mass is 16.5. The maximum absolute atomic E-state index is 11.4. The third-order valence-electron chi connectivity index (χ3n) is 1.95. The molecule has 0 aliphatic heterocycles. The van der Waals surface area contributed by atoms with E-state index in [9.17, 15) is 4.79 Å². The number of amides is 1. The Morgan fingerprint density at radius 2 is 2.18 bits per heavy atom. The van der Waals surface area contributed by atoms with E-state index < -0.39 is 0 Å². The summed E-state index contributed by atoms with van der Waals surface area (Å²) >= 11 is 0. The van der Waals surface area contributed by atoms with Crippen molar-refractivity contribution in [2.75, 3.05) is 13.2 Å². The number of ether oxygens (including phenoxy) is 1. The fourth-order valence-corrected chi connectivity index (χ4v) is 1.19. The van der Waals surface area contributed by atoms with E-state index in [0.29, 0.717) is 13.2 Å². The number of para-hydroxylation sites is 1. The van der Waals surface area contributed by atoms with Crippen LogP contribution in [0.3, 0.4) is 0 Å². The fourth-order valence-electron chi connectivity index (χ4n) is 1.19. The number of hydrogen-bond acceptors (Lipinski definition) is 5. The standard InChI is InChI=1S/C10H11N5O2/c16-10(9-12-14-15-13-9)11-6-7-17-8-4-2-1-3-5-8/h1-5H,6-7H2,(H,11,16)(H,12,13,14,15). The third kappa shape index (κ3) is 3.26. The molecule has 0 spiro atoms. The van der Waals surface area contributed by atoms with Crippen LogP contribution in [0.2, 0.25) is 0 Å². The van der Waals surface area contributed by atoms with Crippen LogP contribution in [0.4, 0.5) is 0 Å². The summed E-state index contributed by atoms with van der Waals surface area (Å²) < 4.78 is 5.39. The molecule has 7 nitrogen and oxygen atoms in total. The minimum Gasteiger partial charge on any atom is -0.492 e. The molecule has 0 unspecified atom stereocenters. The summed E-state index contributed by atoms with van der Waals surface area (Å²) in [7, 11) is 0. The number of carbonyl (C=O) groups is 1. The van der Waals surface area contributed by atoms with Crippen molar-refractivity contribution >= 4 is 5.91 Å². The number of nitrogens with zero attached hydrogens (tertiary/aromatic N) is 3. The van der Waals surface area contributed by atoms with Crippen molar-refractivity contribution < 1.29 is 9.53 Å². The molecule has 0 aliphatic carbocycles. The molecule has 1 aromatic carbocycles. The largest absolute Gasteiger partial charge is 0.492 e. The van der Waals surface area contributed by atoms with Crippen LogP contribution >= 0.6 is 0 Å². The predicted octanol–water partition coefficient (Wildman–Crippen LogP) is 0.00850.